The molecule has 0 fully saturated rings. The summed E-state index contributed by atoms with van der Waals surface area (Å²) >= 11 is 1.74. The van der Waals surface area contributed by atoms with Gasteiger partial charge in [-0.2, -0.15) is 5.10 Å². The maximum absolute atomic E-state index is 6.42. The molecule has 0 bridgehead atoms. The number of para-hydroxylation sites is 1. The number of hydrogen-bond donors (Lipinski definition) is 0. The molecule has 0 radical (unpaired) electrons. The Balaban J connectivity index is 1.56. The summed E-state index contributed by atoms with van der Waals surface area (Å²) in [6, 6.07) is 25.1. The molecule has 0 aromatic heterocycles. The van der Waals surface area contributed by atoms with Crippen LogP contribution >= 0.6 is 11.8 Å². The molecule has 2 aliphatic rings. The third-order valence-corrected chi connectivity index (χ3v) is 6.25. The fraction of sp³-hybridized carbons (Fsp3) is 0.208. The molecule has 5 rings (SSSR count). The van der Waals surface area contributed by atoms with Crippen LogP contribution in [-0.4, -0.2) is 24.1 Å². The van der Waals surface area contributed by atoms with Crippen LogP contribution in [0.15, 0.2) is 82.8 Å². The van der Waals surface area contributed by atoms with Crippen molar-refractivity contribution in [3.05, 3.63) is 89.5 Å². The summed E-state index contributed by atoms with van der Waals surface area (Å²) in [7, 11) is 1.69. The van der Waals surface area contributed by atoms with Gasteiger partial charge >= 0.3 is 0 Å². The SMILES string of the molecule is COc1cccc(C2=NN3[C@@H](c4ccc(SC)cc4)Oc4ccccc4[C@@H]3C2)c1. The lowest BCUT2D eigenvalue weighted by Crippen LogP contribution is -2.33. The minimum atomic E-state index is -0.242. The van der Waals surface area contributed by atoms with Crippen LogP contribution in [0.4, 0.5) is 0 Å². The molecule has 0 amide bonds. The minimum absolute atomic E-state index is 0.159. The molecule has 5 heteroatoms. The lowest BCUT2D eigenvalue weighted by Gasteiger charge is -2.38. The van der Waals surface area contributed by atoms with Gasteiger partial charge in [-0.05, 0) is 36.6 Å². The molecule has 0 unspecified atom stereocenters. The number of hydrogen-bond acceptors (Lipinski definition) is 5. The Bertz CT molecular complexity index is 1060. The molecule has 0 saturated carbocycles. The van der Waals surface area contributed by atoms with Crippen molar-refractivity contribution in [3.63, 3.8) is 0 Å². The lowest BCUT2D eigenvalue weighted by atomic mass is 9.96. The summed E-state index contributed by atoms with van der Waals surface area (Å²) in [6.07, 6.45) is 2.69. The maximum atomic E-state index is 6.42. The Labute approximate surface area is 175 Å². The van der Waals surface area contributed by atoms with Gasteiger partial charge in [-0.1, -0.05) is 42.5 Å². The van der Waals surface area contributed by atoms with Crippen LogP contribution in [0.2, 0.25) is 0 Å². The molecule has 3 aromatic rings. The van der Waals surface area contributed by atoms with Crippen LogP contribution in [0.1, 0.15) is 35.4 Å². The zero-order valence-corrected chi connectivity index (χ0v) is 17.2. The quantitative estimate of drug-likeness (QED) is 0.528. The van der Waals surface area contributed by atoms with E-state index in [4.69, 9.17) is 14.6 Å². The first-order valence-corrected chi connectivity index (χ1v) is 10.9. The summed E-state index contributed by atoms with van der Waals surface area (Å²) in [5.74, 6) is 1.78. The smallest absolute Gasteiger partial charge is 0.213 e. The second-order valence-electron chi connectivity index (χ2n) is 7.16. The highest BCUT2D eigenvalue weighted by Gasteiger charge is 2.40. The van der Waals surface area contributed by atoms with Crippen LogP contribution < -0.4 is 9.47 Å². The number of thioether (sulfide) groups is 1. The van der Waals surface area contributed by atoms with Crippen molar-refractivity contribution in [1.29, 1.82) is 0 Å². The van der Waals surface area contributed by atoms with Gasteiger partial charge in [-0.15, -0.1) is 11.8 Å². The van der Waals surface area contributed by atoms with Gasteiger partial charge in [0.25, 0.3) is 0 Å². The third kappa shape index (κ3) is 3.25. The molecule has 4 nitrogen and oxygen atoms in total. The van der Waals surface area contributed by atoms with Gasteiger partial charge in [0, 0.05) is 28.0 Å². The first kappa shape index (κ1) is 18.1. The fourth-order valence-corrected chi connectivity index (χ4v) is 4.41. The summed E-state index contributed by atoms with van der Waals surface area (Å²) in [5.41, 5.74) is 4.44. The second kappa shape index (κ2) is 7.48. The number of nitrogens with zero attached hydrogens (tertiary/aromatic N) is 2. The number of benzene rings is 3. The van der Waals surface area contributed by atoms with Crippen molar-refractivity contribution >= 4 is 17.5 Å². The van der Waals surface area contributed by atoms with E-state index in [-0.39, 0.29) is 12.3 Å². The van der Waals surface area contributed by atoms with Crippen molar-refractivity contribution in [2.24, 2.45) is 5.10 Å². The van der Waals surface area contributed by atoms with E-state index in [2.05, 4.69) is 59.8 Å². The molecule has 0 saturated heterocycles. The van der Waals surface area contributed by atoms with Gasteiger partial charge in [-0.25, -0.2) is 5.01 Å². The maximum Gasteiger partial charge on any atom is 0.213 e. The Morgan fingerprint density at radius 2 is 1.86 bits per heavy atom. The molecular formula is C24H22N2O2S. The number of methoxy groups -OCH3 is 1. The zero-order valence-electron chi connectivity index (χ0n) is 16.4. The standard InChI is InChI=1S/C24H22N2O2S/c1-27-18-7-5-6-17(14-18)21-15-22-20-8-3-4-9-23(20)28-24(26(22)25-21)16-10-12-19(29-2)13-11-16/h3-14,22,24H,15H2,1-2H3/t22-,24+/m0/s1. The van der Waals surface area contributed by atoms with E-state index in [1.54, 1.807) is 18.9 Å². The molecule has 2 aliphatic heterocycles. The zero-order chi connectivity index (χ0) is 19.8. The number of hydrazone groups is 1. The Kier molecular flexibility index (Phi) is 4.68. The highest BCUT2D eigenvalue weighted by molar-refractivity contribution is 7.98. The van der Waals surface area contributed by atoms with Crippen LogP contribution in [0.5, 0.6) is 11.5 Å². The fourth-order valence-electron chi connectivity index (χ4n) is 4.00. The molecular weight excluding hydrogens is 380 g/mol. The third-order valence-electron chi connectivity index (χ3n) is 5.50. The van der Waals surface area contributed by atoms with E-state index in [1.165, 1.54) is 10.5 Å². The summed E-state index contributed by atoms with van der Waals surface area (Å²) in [4.78, 5) is 1.24. The van der Waals surface area contributed by atoms with E-state index in [0.717, 1.165) is 34.8 Å². The number of fused-ring (bicyclic) bond motifs is 3. The lowest BCUT2D eigenvalue weighted by molar-refractivity contribution is -0.0190. The van der Waals surface area contributed by atoms with Gasteiger partial charge in [0.05, 0.1) is 18.9 Å². The molecule has 0 spiro atoms. The van der Waals surface area contributed by atoms with Crippen molar-refractivity contribution < 1.29 is 9.47 Å². The number of rotatable bonds is 4. The van der Waals surface area contributed by atoms with Gasteiger partial charge in [0.1, 0.15) is 11.5 Å². The average Bonchev–Trinajstić information content (AvgIpc) is 3.24. The van der Waals surface area contributed by atoms with Crippen molar-refractivity contribution in [2.45, 2.75) is 23.6 Å². The second-order valence-corrected chi connectivity index (χ2v) is 8.04. The van der Waals surface area contributed by atoms with Crippen molar-refractivity contribution in [1.82, 2.24) is 5.01 Å². The van der Waals surface area contributed by atoms with Crippen LogP contribution in [-0.2, 0) is 0 Å². The highest BCUT2D eigenvalue weighted by atomic mass is 32.2. The Morgan fingerprint density at radius 3 is 2.66 bits per heavy atom. The molecule has 146 valence electrons. The largest absolute Gasteiger partial charge is 0.497 e. The van der Waals surface area contributed by atoms with Gasteiger partial charge in [0.15, 0.2) is 0 Å². The van der Waals surface area contributed by atoms with Gasteiger partial charge in [-0.3, -0.25) is 0 Å². The molecule has 2 atom stereocenters. The molecule has 3 aromatic carbocycles. The van der Waals surface area contributed by atoms with Crippen molar-refractivity contribution in [3.8, 4) is 11.5 Å². The summed E-state index contributed by atoms with van der Waals surface area (Å²) in [5, 5.41) is 7.14. The predicted molar refractivity (Wildman–Crippen MR) is 117 cm³/mol. The monoisotopic (exact) mass is 402 g/mol. The number of ether oxygens (including phenoxy) is 2. The Morgan fingerprint density at radius 1 is 1.03 bits per heavy atom. The van der Waals surface area contributed by atoms with Gasteiger partial charge in [0.2, 0.25) is 6.23 Å². The van der Waals surface area contributed by atoms with E-state index in [0.29, 0.717) is 0 Å². The normalized spacial score (nSPS) is 19.8. The minimum Gasteiger partial charge on any atom is -0.497 e. The molecule has 0 N–H and O–H groups in total. The first-order chi connectivity index (χ1) is 14.3. The average molecular weight is 403 g/mol. The van der Waals surface area contributed by atoms with Gasteiger partial charge < -0.3 is 9.47 Å². The van der Waals surface area contributed by atoms with E-state index in [1.807, 2.05) is 24.3 Å². The van der Waals surface area contributed by atoms with Crippen LogP contribution in [0, 0.1) is 0 Å². The van der Waals surface area contributed by atoms with E-state index < -0.39 is 0 Å². The van der Waals surface area contributed by atoms with Crippen LogP contribution in [0.3, 0.4) is 0 Å². The highest BCUT2D eigenvalue weighted by Crippen LogP contribution is 2.47. The predicted octanol–water partition coefficient (Wildman–Crippen LogP) is 5.66. The summed E-state index contributed by atoms with van der Waals surface area (Å²) < 4.78 is 11.8. The van der Waals surface area contributed by atoms with E-state index >= 15 is 0 Å². The summed E-state index contributed by atoms with van der Waals surface area (Å²) in [6.45, 7) is 0. The topological polar surface area (TPSA) is 34.1 Å². The molecule has 0 aliphatic carbocycles. The first-order valence-electron chi connectivity index (χ1n) is 9.66. The van der Waals surface area contributed by atoms with Crippen LogP contribution in [0.25, 0.3) is 0 Å². The Hall–Kier alpha value is -2.92. The molecule has 29 heavy (non-hydrogen) atoms. The van der Waals surface area contributed by atoms with E-state index in [9.17, 15) is 0 Å². The van der Waals surface area contributed by atoms with Crippen molar-refractivity contribution in [2.75, 3.05) is 13.4 Å². The molecule has 2 heterocycles.